The normalized spacial score (nSPS) is 11.7. The minimum atomic E-state index is 0.0771. The van der Waals surface area contributed by atoms with E-state index in [0.717, 1.165) is 19.5 Å². The molecule has 0 unspecified atom stereocenters. The molecule has 0 aliphatic carbocycles. The van der Waals surface area contributed by atoms with Gasteiger partial charge in [0.1, 0.15) is 0 Å². The Balaban J connectivity index is 2.33. The Bertz CT molecular complexity index is 349. The van der Waals surface area contributed by atoms with E-state index in [-0.39, 0.29) is 11.1 Å². The fourth-order valence-electron chi connectivity index (χ4n) is 1.36. The average Bonchev–Trinajstić information content (AvgIpc) is 2.13. The van der Waals surface area contributed by atoms with Crippen LogP contribution in [0.25, 0.3) is 0 Å². The van der Waals surface area contributed by atoms with Crippen LogP contribution in [-0.2, 0) is 6.54 Å². The highest BCUT2D eigenvalue weighted by atomic mass is 16.1. The second kappa shape index (κ2) is 5.12. The molecule has 1 aromatic heterocycles. The van der Waals surface area contributed by atoms with Crippen LogP contribution in [0.3, 0.4) is 0 Å². The van der Waals surface area contributed by atoms with Crippen molar-refractivity contribution in [3.05, 3.63) is 34.7 Å². The van der Waals surface area contributed by atoms with Crippen molar-refractivity contribution in [2.75, 3.05) is 6.54 Å². The van der Waals surface area contributed by atoms with Crippen LogP contribution >= 0.6 is 0 Å². The quantitative estimate of drug-likeness (QED) is 0.763. The number of aryl methyl sites for hydroxylation is 1. The molecule has 0 atom stereocenters. The number of nitrogens with zero attached hydrogens (tertiary/aromatic N) is 1. The summed E-state index contributed by atoms with van der Waals surface area (Å²) in [6.07, 6.45) is 2.81. The van der Waals surface area contributed by atoms with E-state index in [2.05, 4.69) is 26.1 Å². The Hall–Kier alpha value is -1.09. The summed E-state index contributed by atoms with van der Waals surface area (Å²) in [7, 11) is 0. The lowest BCUT2D eigenvalue weighted by atomic mass is 10.1. The predicted octanol–water partition coefficient (Wildman–Crippen LogP) is 1.63. The molecule has 0 aliphatic rings. The zero-order valence-corrected chi connectivity index (χ0v) is 9.79. The topological polar surface area (TPSA) is 34.0 Å². The van der Waals surface area contributed by atoms with Crippen molar-refractivity contribution in [1.82, 2.24) is 9.88 Å². The maximum absolute atomic E-state index is 11.4. The van der Waals surface area contributed by atoms with Crippen LogP contribution in [-0.4, -0.2) is 16.7 Å². The van der Waals surface area contributed by atoms with Crippen LogP contribution in [0.2, 0.25) is 0 Å². The van der Waals surface area contributed by atoms with Gasteiger partial charge in [-0.2, -0.15) is 0 Å². The lowest BCUT2D eigenvalue weighted by Gasteiger charge is -2.20. The van der Waals surface area contributed by atoms with E-state index in [4.69, 9.17) is 0 Å². The summed E-state index contributed by atoms with van der Waals surface area (Å²) in [5.41, 5.74) is 0.232. The summed E-state index contributed by atoms with van der Waals surface area (Å²) in [5.74, 6) is 0. The molecule has 0 aliphatic heterocycles. The fraction of sp³-hybridized carbons (Fsp3) is 0.583. The number of hydrogen-bond acceptors (Lipinski definition) is 2. The maximum atomic E-state index is 11.4. The van der Waals surface area contributed by atoms with Gasteiger partial charge in [0.15, 0.2) is 0 Å². The Kier molecular flexibility index (Phi) is 4.09. The van der Waals surface area contributed by atoms with Crippen LogP contribution in [0, 0.1) is 0 Å². The molecule has 1 rings (SSSR count). The molecule has 15 heavy (non-hydrogen) atoms. The standard InChI is InChI=1S/C12H20N2O/c1-12(2,3)13-8-6-10-14-9-5-4-7-11(14)15/h4-5,7,9,13H,6,8,10H2,1-3H3. The smallest absolute Gasteiger partial charge is 0.250 e. The van der Waals surface area contributed by atoms with Crippen LogP contribution in [0.5, 0.6) is 0 Å². The second-order valence-corrected chi connectivity index (χ2v) is 4.76. The summed E-state index contributed by atoms with van der Waals surface area (Å²) in [4.78, 5) is 11.4. The summed E-state index contributed by atoms with van der Waals surface area (Å²) in [5, 5.41) is 3.40. The maximum Gasteiger partial charge on any atom is 0.250 e. The molecule has 0 aromatic carbocycles. The lowest BCUT2D eigenvalue weighted by Crippen LogP contribution is -2.37. The van der Waals surface area contributed by atoms with Gasteiger partial charge in [-0.25, -0.2) is 0 Å². The molecular formula is C12H20N2O. The summed E-state index contributed by atoms with van der Waals surface area (Å²) >= 11 is 0. The van der Waals surface area contributed by atoms with E-state index in [1.165, 1.54) is 0 Å². The van der Waals surface area contributed by atoms with Crippen LogP contribution < -0.4 is 10.9 Å². The first kappa shape index (κ1) is 12.0. The number of pyridine rings is 1. The van der Waals surface area contributed by atoms with Crippen molar-refractivity contribution in [3.63, 3.8) is 0 Å². The minimum Gasteiger partial charge on any atom is -0.315 e. The molecule has 3 nitrogen and oxygen atoms in total. The second-order valence-electron chi connectivity index (χ2n) is 4.76. The van der Waals surface area contributed by atoms with Gasteiger partial charge in [0, 0.05) is 24.3 Å². The molecule has 3 heteroatoms. The molecule has 0 saturated carbocycles. The van der Waals surface area contributed by atoms with Crippen molar-refractivity contribution in [2.45, 2.75) is 39.3 Å². The van der Waals surface area contributed by atoms with E-state index in [9.17, 15) is 4.79 Å². The van der Waals surface area contributed by atoms with Gasteiger partial charge >= 0.3 is 0 Å². The summed E-state index contributed by atoms with van der Waals surface area (Å²) in [6, 6.07) is 5.25. The molecule has 1 heterocycles. The number of rotatable bonds is 4. The SMILES string of the molecule is CC(C)(C)NCCCn1ccccc1=O. The summed E-state index contributed by atoms with van der Waals surface area (Å²) in [6.45, 7) is 8.14. The zero-order chi connectivity index (χ0) is 11.3. The Morgan fingerprint density at radius 2 is 2.07 bits per heavy atom. The van der Waals surface area contributed by atoms with E-state index in [1.54, 1.807) is 16.7 Å². The fourth-order valence-corrected chi connectivity index (χ4v) is 1.36. The van der Waals surface area contributed by atoms with E-state index in [1.807, 2.05) is 12.3 Å². The number of nitrogens with one attached hydrogen (secondary N) is 1. The molecule has 1 aromatic rings. The van der Waals surface area contributed by atoms with Crippen LogP contribution in [0.15, 0.2) is 29.2 Å². The van der Waals surface area contributed by atoms with Crippen molar-refractivity contribution >= 4 is 0 Å². The number of aromatic nitrogens is 1. The first-order chi connectivity index (χ1) is 6.99. The number of hydrogen-bond donors (Lipinski definition) is 1. The molecule has 84 valence electrons. The minimum absolute atomic E-state index is 0.0771. The third-order valence-corrected chi connectivity index (χ3v) is 2.13. The van der Waals surface area contributed by atoms with Crippen LogP contribution in [0.1, 0.15) is 27.2 Å². The van der Waals surface area contributed by atoms with Crippen LogP contribution in [0.4, 0.5) is 0 Å². The molecule has 0 radical (unpaired) electrons. The van der Waals surface area contributed by atoms with E-state index in [0.29, 0.717) is 0 Å². The van der Waals surface area contributed by atoms with Gasteiger partial charge in [0.25, 0.3) is 0 Å². The first-order valence-electron chi connectivity index (χ1n) is 5.39. The molecular weight excluding hydrogens is 188 g/mol. The third-order valence-electron chi connectivity index (χ3n) is 2.13. The van der Waals surface area contributed by atoms with Crippen molar-refractivity contribution in [2.24, 2.45) is 0 Å². The molecule has 1 N–H and O–H groups in total. The first-order valence-corrected chi connectivity index (χ1v) is 5.39. The Morgan fingerprint density at radius 1 is 1.33 bits per heavy atom. The highest BCUT2D eigenvalue weighted by Gasteiger charge is 2.06. The monoisotopic (exact) mass is 208 g/mol. The largest absolute Gasteiger partial charge is 0.315 e. The predicted molar refractivity (Wildman–Crippen MR) is 63.1 cm³/mol. The molecule has 0 saturated heterocycles. The Morgan fingerprint density at radius 3 is 2.67 bits per heavy atom. The van der Waals surface area contributed by atoms with Gasteiger partial charge in [-0.3, -0.25) is 4.79 Å². The zero-order valence-electron chi connectivity index (χ0n) is 9.79. The highest BCUT2D eigenvalue weighted by Crippen LogP contribution is 1.98. The van der Waals surface area contributed by atoms with Gasteiger partial charge in [-0.15, -0.1) is 0 Å². The molecule has 0 spiro atoms. The van der Waals surface area contributed by atoms with Gasteiger partial charge < -0.3 is 9.88 Å². The van der Waals surface area contributed by atoms with Gasteiger partial charge in [0.05, 0.1) is 0 Å². The molecule has 0 bridgehead atoms. The Labute approximate surface area is 91.1 Å². The van der Waals surface area contributed by atoms with Crippen molar-refractivity contribution in [3.8, 4) is 0 Å². The van der Waals surface area contributed by atoms with E-state index < -0.39 is 0 Å². The average molecular weight is 208 g/mol. The van der Waals surface area contributed by atoms with Crippen molar-refractivity contribution < 1.29 is 0 Å². The van der Waals surface area contributed by atoms with Gasteiger partial charge in [-0.1, -0.05) is 6.07 Å². The van der Waals surface area contributed by atoms with Gasteiger partial charge in [-0.05, 0) is 39.8 Å². The van der Waals surface area contributed by atoms with E-state index >= 15 is 0 Å². The third kappa shape index (κ3) is 4.79. The highest BCUT2D eigenvalue weighted by molar-refractivity contribution is 4.93. The molecule has 0 fully saturated rings. The summed E-state index contributed by atoms with van der Waals surface area (Å²) < 4.78 is 1.74. The lowest BCUT2D eigenvalue weighted by molar-refractivity contribution is 0.412. The molecule has 0 amide bonds. The van der Waals surface area contributed by atoms with Crippen molar-refractivity contribution in [1.29, 1.82) is 0 Å². The van der Waals surface area contributed by atoms with Gasteiger partial charge in [0.2, 0.25) is 5.56 Å².